The van der Waals surface area contributed by atoms with Gasteiger partial charge < -0.3 is 19.3 Å². The van der Waals surface area contributed by atoms with Crippen LogP contribution in [0.5, 0.6) is 23.0 Å². The molecule has 34 heavy (non-hydrogen) atoms. The standard InChI is InChI=1S/C27H34N2O5/c1-7-9-10-19(8-2)29(27(30)31)22-13-18(4)24(14-17(22)3)34-23-11-12-28-21-16-26(33-6)25(32-5)15-20(21)23/h11-16,19H,7-10H2,1-6H3,(H,30,31). The van der Waals surface area contributed by atoms with Crippen molar-refractivity contribution >= 4 is 22.7 Å². The lowest BCUT2D eigenvalue weighted by molar-refractivity contribution is 0.198. The summed E-state index contributed by atoms with van der Waals surface area (Å²) in [6, 6.07) is 9.21. The fourth-order valence-corrected chi connectivity index (χ4v) is 4.21. The Labute approximate surface area is 201 Å². The summed E-state index contributed by atoms with van der Waals surface area (Å²) >= 11 is 0. The van der Waals surface area contributed by atoms with Crippen LogP contribution in [0.25, 0.3) is 10.9 Å². The van der Waals surface area contributed by atoms with Crippen molar-refractivity contribution in [3.05, 3.63) is 47.7 Å². The Morgan fingerprint density at radius 3 is 2.32 bits per heavy atom. The summed E-state index contributed by atoms with van der Waals surface area (Å²) in [5, 5.41) is 10.8. The quantitative estimate of drug-likeness (QED) is 0.343. The smallest absolute Gasteiger partial charge is 0.412 e. The molecule has 3 rings (SSSR count). The second-order valence-electron chi connectivity index (χ2n) is 8.40. The fourth-order valence-electron chi connectivity index (χ4n) is 4.21. The normalized spacial score (nSPS) is 11.8. The number of benzene rings is 2. The molecule has 1 aromatic heterocycles. The van der Waals surface area contributed by atoms with E-state index in [-0.39, 0.29) is 6.04 Å². The molecule has 7 heteroatoms. The van der Waals surface area contributed by atoms with Gasteiger partial charge in [-0.15, -0.1) is 0 Å². The van der Waals surface area contributed by atoms with E-state index in [2.05, 4.69) is 11.9 Å². The highest BCUT2D eigenvalue weighted by atomic mass is 16.5. The summed E-state index contributed by atoms with van der Waals surface area (Å²) in [5.74, 6) is 2.48. The molecular formula is C27H34N2O5. The third kappa shape index (κ3) is 5.19. The summed E-state index contributed by atoms with van der Waals surface area (Å²) < 4.78 is 17.2. The van der Waals surface area contributed by atoms with Crippen molar-refractivity contribution in [2.75, 3.05) is 19.1 Å². The van der Waals surface area contributed by atoms with E-state index >= 15 is 0 Å². The van der Waals surface area contributed by atoms with E-state index in [4.69, 9.17) is 14.2 Å². The average Bonchev–Trinajstić information content (AvgIpc) is 2.83. The van der Waals surface area contributed by atoms with Crippen molar-refractivity contribution in [1.29, 1.82) is 0 Å². The number of carboxylic acid groups (broad SMARTS) is 1. The first-order chi connectivity index (χ1) is 16.3. The number of nitrogens with zero attached hydrogens (tertiary/aromatic N) is 2. The SMILES string of the molecule is CCCCC(CC)N(C(=O)O)c1cc(C)c(Oc2ccnc3cc(OC)c(OC)cc23)cc1C. The number of pyridine rings is 1. The predicted octanol–water partition coefficient (Wildman–Crippen LogP) is 7.11. The lowest BCUT2D eigenvalue weighted by atomic mass is 10.0. The van der Waals surface area contributed by atoms with Gasteiger partial charge in [0.1, 0.15) is 11.5 Å². The van der Waals surface area contributed by atoms with Gasteiger partial charge in [0.15, 0.2) is 11.5 Å². The van der Waals surface area contributed by atoms with Crippen molar-refractivity contribution < 1.29 is 24.1 Å². The zero-order valence-electron chi connectivity index (χ0n) is 20.8. The highest BCUT2D eigenvalue weighted by Crippen LogP contribution is 2.39. The van der Waals surface area contributed by atoms with E-state index in [1.54, 1.807) is 26.5 Å². The van der Waals surface area contributed by atoms with E-state index in [1.807, 2.05) is 45.0 Å². The van der Waals surface area contributed by atoms with Crippen molar-refractivity contribution in [3.8, 4) is 23.0 Å². The number of hydrogen-bond acceptors (Lipinski definition) is 5. The zero-order valence-corrected chi connectivity index (χ0v) is 20.8. The number of fused-ring (bicyclic) bond motifs is 1. The first kappa shape index (κ1) is 25.1. The minimum atomic E-state index is -0.930. The van der Waals surface area contributed by atoms with Crippen LogP contribution in [0.3, 0.4) is 0 Å². The summed E-state index contributed by atoms with van der Waals surface area (Å²) in [6.45, 7) is 8.00. The van der Waals surface area contributed by atoms with Crippen molar-refractivity contribution in [2.45, 2.75) is 59.4 Å². The van der Waals surface area contributed by atoms with Crippen LogP contribution in [-0.2, 0) is 0 Å². The Kier molecular flexibility index (Phi) is 8.21. The monoisotopic (exact) mass is 466 g/mol. The maximum atomic E-state index is 12.2. The molecule has 0 aliphatic carbocycles. The molecule has 1 heterocycles. The van der Waals surface area contributed by atoms with Crippen molar-refractivity contribution in [3.63, 3.8) is 0 Å². The van der Waals surface area contributed by atoms with E-state index in [0.29, 0.717) is 28.7 Å². The van der Waals surface area contributed by atoms with Gasteiger partial charge in [-0.3, -0.25) is 9.88 Å². The molecule has 1 unspecified atom stereocenters. The molecule has 0 saturated carbocycles. The Balaban J connectivity index is 2.01. The van der Waals surface area contributed by atoms with Gasteiger partial charge in [0, 0.05) is 23.7 Å². The topological polar surface area (TPSA) is 81.1 Å². The minimum absolute atomic E-state index is 0.0612. The summed E-state index contributed by atoms with van der Waals surface area (Å²) in [6.07, 6.45) is 4.38. The van der Waals surface area contributed by atoms with Crippen molar-refractivity contribution in [2.24, 2.45) is 0 Å². The maximum absolute atomic E-state index is 12.2. The average molecular weight is 467 g/mol. The number of carbonyl (C=O) groups is 1. The number of aromatic nitrogens is 1. The number of methoxy groups -OCH3 is 2. The number of hydrogen-bond donors (Lipinski definition) is 1. The van der Waals surface area contributed by atoms with Gasteiger partial charge in [-0.2, -0.15) is 0 Å². The molecule has 0 aliphatic heterocycles. The van der Waals surface area contributed by atoms with E-state index < -0.39 is 6.09 Å². The molecule has 0 spiro atoms. The van der Waals surface area contributed by atoms with Gasteiger partial charge in [0.25, 0.3) is 0 Å². The highest BCUT2D eigenvalue weighted by molar-refractivity contribution is 5.89. The molecule has 0 fully saturated rings. The van der Waals surface area contributed by atoms with Gasteiger partial charge in [0.2, 0.25) is 0 Å². The molecule has 3 aromatic rings. The predicted molar refractivity (Wildman–Crippen MR) is 135 cm³/mol. The third-order valence-electron chi connectivity index (χ3n) is 6.11. The molecule has 0 radical (unpaired) electrons. The molecule has 7 nitrogen and oxygen atoms in total. The Bertz CT molecular complexity index is 1160. The molecule has 2 aromatic carbocycles. The lowest BCUT2D eigenvalue weighted by Crippen LogP contribution is -2.39. The number of rotatable bonds is 10. The highest BCUT2D eigenvalue weighted by Gasteiger charge is 2.25. The molecule has 1 N–H and O–H groups in total. The first-order valence-corrected chi connectivity index (χ1v) is 11.7. The van der Waals surface area contributed by atoms with Gasteiger partial charge in [0.05, 0.1) is 25.4 Å². The fraction of sp³-hybridized carbons (Fsp3) is 0.407. The van der Waals surface area contributed by atoms with E-state index in [0.717, 1.165) is 47.7 Å². The Morgan fingerprint density at radius 1 is 1.00 bits per heavy atom. The van der Waals surface area contributed by atoms with Gasteiger partial charge in [-0.05, 0) is 62.1 Å². The molecule has 1 atom stereocenters. The van der Waals surface area contributed by atoms with Crippen LogP contribution in [-0.4, -0.2) is 36.4 Å². The molecule has 0 saturated heterocycles. The Morgan fingerprint density at radius 2 is 1.71 bits per heavy atom. The zero-order chi connectivity index (χ0) is 24.8. The van der Waals surface area contributed by atoms with Gasteiger partial charge in [-0.25, -0.2) is 4.79 Å². The minimum Gasteiger partial charge on any atom is -0.493 e. The van der Waals surface area contributed by atoms with Crippen LogP contribution < -0.4 is 19.1 Å². The first-order valence-electron chi connectivity index (χ1n) is 11.7. The van der Waals surface area contributed by atoms with Crippen LogP contribution in [0.2, 0.25) is 0 Å². The summed E-state index contributed by atoms with van der Waals surface area (Å²) in [7, 11) is 3.18. The van der Waals surface area contributed by atoms with Crippen LogP contribution in [0.4, 0.5) is 10.5 Å². The summed E-state index contributed by atoms with van der Waals surface area (Å²) in [5.41, 5.74) is 3.12. The number of unbranched alkanes of at least 4 members (excludes halogenated alkanes) is 1. The van der Waals surface area contributed by atoms with E-state index in [1.165, 1.54) is 4.90 Å². The van der Waals surface area contributed by atoms with Gasteiger partial charge >= 0.3 is 6.09 Å². The molecule has 182 valence electrons. The number of aryl methyl sites for hydroxylation is 2. The molecule has 1 amide bonds. The summed E-state index contributed by atoms with van der Waals surface area (Å²) in [4.78, 5) is 18.2. The van der Waals surface area contributed by atoms with Gasteiger partial charge in [-0.1, -0.05) is 26.7 Å². The van der Waals surface area contributed by atoms with Crippen molar-refractivity contribution in [1.82, 2.24) is 4.98 Å². The number of amides is 1. The van der Waals surface area contributed by atoms with Crippen LogP contribution in [0.1, 0.15) is 50.7 Å². The third-order valence-corrected chi connectivity index (χ3v) is 6.11. The second kappa shape index (κ2) is 11.1. The molecular weight excluding hydrogens is 432 g/mol. The Hall–Kier alpha value is -3.48. The maximum Gasteiger partial charge on any atom is 0.412 e. The number of ether oxygens (including phenoxy) is 3. The molecule has 0 bridgehead atoms. The number of anilines is 1. The largest absolute Gasteiger partial charge is 0.493 e. The lowest BCUT2D eigenvalue weighted by Gasteiger charge is -2.30. The second-order valence-corrected chi connectivity index (χ2v) is 8.40. The molecule has 0 aliphatic rings. The van der Waals surface area contributed by atoms with Crippen LogP contribution in [0, 0.1) is 13.8 Å². The van der Waals surface area contributed by atoms with Crippen LogP contribution >= 0.6 is 0 Å². The van der Waals surface area contributed by atoms with Crippen LogP contribution in [0.15, 0.2) is 36.5 Å². The van der Waals surface area contributed by atoms with E-state index in [9.17, 15) is 9.90 Å².